The first kappa shape index (κ1) is 14.8. The van der Waals surface area contributed by atoms with Crippen molar-refractivity contribution in [2.75, 3.05) is 5.32 Å². The van der Waals surface area contributed by atoms with E-state index in [1.807, 2.05) is 13.0 Å². The van der Waals surface area contributed by atoms with Gasteiger partial charge >= 0.3 is 5.63 Å². The molecule has 7 heteroatoms. The van der Waals surface area contributed by atoms with Crippen molar-refractivity contribution in [1.82, 2.24) is 9.78 Å². The quantitative estimate of drug-likeness (QED) is 0.522. The second-order valence-corrected chi connectivity index (χ2v) is 6.04. The number of hydrogen-bond donors (Lipinski definition) is 1. The number of benzene rings is 1. The molecular weight excluding hydrogens is 397 g/mol. The molecule has 0 spiro atoms. The van der Waals surface area contributed by atoms with Crippen molar-refractivity contribution in [2.24, 2.45) is 7.05 Å². The summed E-state index contributed by atoms with van der Waals surface area (Å²) >= 11 is 2.06. The Morgan fingerprint density at radius 1 is 1.36 bits per heavy atom. The normalized spacial score (nSPS) is 10.9. The molecule has 0 fully saturated rings. The van der Waals surface area contributed by atoms with Gasteiger partial charge in [0.25, 0.3) is 5.91 Å². The molecule has 3 aromatic rings. The van der Waals surface area contributed by atoms with E-state index in [-0.39, 0.29) is 5.91 Å². The van der Waals surface area contributed by atoms with E-state index in [0.29, 0.717) is 17.0 Å². The predicted molar refractivity (Wildman–Crippen MR) is 91.1 cm³/mol. The van der Waals surface area contributed by atoms with E-state index in [1.165, 1.54) is 10.7 Å². The Bertz CT molecular complexity index is 923. The molecule has 2 heterocycles. The first-order valence-electron chi connectivity index (χ1n) is 6.49. The van der Waals surface area contributed by atoms with Gasteiger partial charge in [-0.3, -0.25) is 9.48 Å². The molecule has 0 radical (unpaired) electrons. The highest BCUT2D eigenvalue weighted by atomic mass is 127. The van der Waals surface area contributed by atoms with E-state index in [0.717, 1.165) is 14.5 Å². The highest BCUT2D eigenvalue weighted by molar-refractivity contribution is 14.1. The molecule has 22 heavy (non-hydrogen) atoms. The molecule has 1 N–H and O–H groups in total. The third-order valence-corrected chi connectivity index (χ3v) is 4.11. The van der Waals surface area contributed by atoms with Crippen LogP contribution in [0.3, 0.4) is 0 Å². The van der Waals surface area contributed by atoms with Gasteiger partial charge < -0.3 is 9.73 Å². The lowest BCUT2D eigenvalue weighted by molar-refractivity contribution is 0.101. The molecule has 0 saturated heterocycles. The largest absolute Gasteiger partial charge is 0.423 e. The average Bonchev–Trinajstić information content (AvgIpc) is 2.77. The van der Waals surface area contributed by atoms with Crippen LogP contribution in [0.25, 0.3) is 11.0 Å². The lowest BCUT2D eigenvalue weighted by Crippen LogP contribution is -2.17. The third kappa shape index (κ3) is 2.63. The Kier molecular flexibility index (Phi) is 3.73. The van der Waals surface area contributed by atoms with Crippen LogP contribution in [0.2, 0.25) is 0 Å². The number of rotatable bonds is 2. The number of carbonyl (C=O) groups excluding carboxylic acids is 1. The minimum atomic E-state index is -0.408. The molecular formula is C15H12IN3O3. The smallest absolute Gasteiger partial charge is 0.336 e. The van der Waals surface area contributed by atoms with Gasteiger partial charge in [0.05, 0.1) is 9.77 Å². The summed E-state index contributed by atoms with van der Waals surface area (Å²) < 4.78 is 7.46. The van der Waals surface area contributed by atoms with Crippen molar-refractivity contribution in [3.63, 3.8) is 0 Å². The maximum absolute atomic E-state index is 12.3. The van der Waals surface area contributed by atoms with Crippen LogP contribution in [0, 0.1) is 10.5 Å². The molecule has 6 nitrogen and oxygen atoms in total. The first-order valence-corrected chi connectivity index (χ1v) is 7.57. The summed E-state index contributed by atoms with van der Waals surface area (Å²) in [6.45, 7) is 1.84. The summed E-state index contributed by atoms with van der Waals surface area (Å²) in [5, 5.41) is 7.67. The zero-order valence-corrected chi connectivity index (χ0v) is 14.0. The van der Waals surface area contributed by atoms with Gasteiger partial charge in [-0.2, -0.15) is 5.10 Å². The molecule has 3 rings (SSSR count). The molecule has 0 aliphatic rings. The summed E-state index contributed by atoms with van der Waals surface area (Å²) in [7, 11) is 1.71. The average molecular weight is 409 g/mol. The SMILES string of the molecule is Cc1cc(=O)oc2cc(NC(=O)c3c(I)cnn3C)ccc12. The molecule has 0 bridgehead atoms. The number of nitrogens with zero attached hydrogens (tertiary/aromatic N) is 2. The number of amides is 1. The predicted octanol–water partition coefficient (Wildman–Crippen LogP) is 2.69. The number of carbonyl (C=O) groups is 1. The topological polar surface area (TPSA) is 77.1 Å². The number of halogens is 1. The molecule has 2 aromatic heterocycles. The van der Waals surface area contributed by atoms with Gasteiger partial charge in [-0.1, -0.05) is 0 Å². The molecule has 112 valence electrons. The van der Waals surface area contributed by atoms with Crippen molar-refractivity contribution in [3.8, 4) is 0 Å². The minimum Gasteiger partial charge on any atom is -0.423 e. The molecule has 0 aliphatic heterocycles. The lowest BCUT2D eigenvalue weighted by Gasteiger charge is -2.07. The van der Waals surface area contributed by atoms with Crippen molar-refractivity contribution >= 4 is 45.2 Å². The van der Waals surface area contributed by atoms with Crippen LogP contribution in [0.15, 0.2) is 39.7 Å². The maximum Gasteiger partial charge on any atom is 0.336 e. The third-order valence-electron chi connectivity index (χ3n) is 3.32. The van der Waals surface area contributed by atoms with Crippen molar-refractivity contribution < 1.29 is 9.21 Å². The number of hydrogen-bond acceptors (Lipinski definition) is 4. The van der Waals surface area contributed by atoms with Crippen LogP contribution in [0.4, 0.5) is 5.69 Å². The standard InChI is InChI=1S/C15H12IN3O3/c1-8-5-13(20)22-12-6-9(3-4-10(8)12)18-15(21)14-11(16)7-17-19(14)2/h3-7H,1-2H3,(H,18,21). The Balaban J connectivity index is 1.98. The van der Waals surface area contributed by atoms with Gasteiger partial charge in [0.2, 0.25) is 0 Å². The minimum absolute atomic E-state index is 0.265. The van der Waals surface area contributed by atoms with Crippen molar-refractivity contribution in [3.05, 3.63) is 55.7 Å². The van der Waals surface area contributed by atoms with E-state index in [2.05, 4.69) is 33.0 Å². The summed E-state index contributed by atoms with van der Waals surface area (Å²) in [5.74, 6) is -0.265. The monoisotopic (exact) mass is 409 g/mol. The number of aromatic nitrogens is 2. The van der Waals surface area contributed by atoms with Crippen LogP contribution in [-0.2, 0) is 7.05 Å². The van der Waals surface area contributed by atoms with Crippen LogP contribution < -0.4 is 10.9 Å². The van der Waals surface area contributed by atoms with Gasteiger partial charge in [0.15, 0.2) is 0 Å². The van der Waals surface area contributed by atoms with Crippen molar-refractivity contribution in [2.45, 2.75) is 6.92 Å². The zero-order chi connectivity index (χ0) is 15.9. The molecule has 1 aromatic carbocycles. The zero-order valence-electron chi connectivity index (χ0n) is 11.9. The highest BCUT2D eigenvalue weighted by Crippen LogP contribution is 2.21. The van der Waals surface area contributed by atoms with Crippen LogP contribution in [-0.4, -0.2) is 15.7 Å². The molecule has 0 atom stereocenters. The molecule has 1 amide bonds. The first-order chi connectivity index (χ1) is 10.5. The number of nitrogens with one attached hydrogen (secondary N) is 1. The van der Waals surface area contributed by atoms with Crippen LogP contribution in [0.1, 0.15) is 16.1 Å². The lowest BCUT2D eigenvalue weighted by atomic mass is 10.1. The van der Waals surface area contributed by atoms with Crippen LogP contribution >= 0.6 is 22.6 Å². The Morgan fingerprint density at radius 3 is 2.82 bits per heavy atom. The number of anilines is 1. The fourth-order valence-electron chi connectivity index (χ4n) is 2.26. The van der Waals surface area contributed by atoms with Crippen LogP contribution in [0.5, 0.6) is 0 Å². The molecule has 0 saturated carbocycles. The number of fused-ring (bicyclic) bond motifs is 1. The fraction of sp³-hybridized carbons (Fsp3) is 0.133. The van der Waals surface area contributed by atoms with E-state index in [1.54, 1.807) is 25.4 Å². The summed E-state index contributed by atoms with van der Waals surface area (Å²) in [5.41, 5.74) is 1.91. The summed E-state index contributed by atoms with van der Waals surface area (Å²) in [4.78, 5) is 23.8. The van der Waals surface area contributed by atoms with Gasteiger partial charge in [0.1, 0.15) is 11.3 Å². The Labute approximate surface area is 139 Å². The van der Waals surface area contributed by atoms with E-state index >= 15 is 0 Å². The molecule has 0 aliphatic carbocycles. The van der Waals surface area contributed by atoms with Gasteiger partial charge in [-0.25, -0.2) is 4.79 Å². The second kappa shape index (κ2) is 5.56. The van der Waals surface area contributed by atoms with Gasteiger partial charge in [0, 0.05) is 30.3 Å². The summed E-state index contributed by atoms with van der Waals surface area (Å²) in [6, 6.07) is 6.68. The Hall–Kier alpha value is -2.16. The van der Waals surface area contributed by atoms with E-state index in [4.69, 9.17) is 4.42 Å². The van der Waals surface area contributed by atoms with Crippen molar-refractivity contribution in [1.29, 1.82) is 0 Å². The van der Waals surface area contributed by atoms with Gasteiger partial charge in [-0.05, 0) is 47.2 Å². The fourth-order valence-corrected chi connectivity index (χ4v) is 2.98. The number of aryl methyl sites for hydroxylation is 2. The van der Waals surface area contributed by atoms with E-state index < -0.39 is 5.63 Å². The van der Waals surface area contributed by atoms with E-state index in [9.17, 15) is 9.59 Å². The summed E-state index contributed by atoms with van der Waals surface area (Å²) in [6.07, 6.45) is 1.62. The Morgan fingerprint density at radius 2 is 2.14 bits per heavy atom. The highest BCUT2D eigenvalue weighted by Gasteiger charge is 2.15. The van der Waals surface area contributed by atoms with Gasteiger partial charge in [-0.15, -0.1) is 0 Å². The second-order valence-electron chi connectivity index (χ2n) is 4.88. The maximum atomic E-state index is 12.3. The molecule has 0 unspecified atom stereocenters.